The molecular weight excluding hydrogens is 567 g/mol. The lowest BCUT2D eigenvalue weighted by atomic mass is 9.30. The van der Waals surface area contributed by atoms with Crippen molar-refractivity contribution < 1.29 is 5.11 Å². The molecule has 5 aliphatic rings. The smallest absolute Gasteiger partial charge is 0.0695 e. The van der Waals surface area contributed by atoms with Crippen LogP contribution in [-0.4, -0.2) is 29.5 Å². The summed E-state index contributed by atoms with van der Waals surface area (Å²) in [7, 11) is 0. The Morgan fingerprint density at radius 3 is 2.31 bits per heavy atom. The molecule has 254 valence electrons. The van der Waals surface area contributed by atoms with Crippen molar-refractivity contribution in [2.24, 2.45) is 68.5 Å². The number of anilines is 1. The van der Waals surface area contributed by atoms with E-state index in [-0.39, 0.29) is 22.2 Å². The van der Waals surface area contributed by atoms with Gasteiger partial charge in [-0.1, -0.05) is 67.5 Å². The fourth-order valence-corrected chi connectivity index (χ4v) is 14.6. The number of hydrogen-bond donors (Lipinski definition) is 2. The lowest BCUT2D eigenvalue weighted by molar-refractivity contribution is -0.269. The average molecular weight is 636 g/mol. The van der Waals surface area contributed by atoms with E-state index in [1.807, 2.05) is 0 Å². The molecule has 0 spiro atoms. The highest BCUT2D eigenvalue weighted by molar-refractivity contribution is 7.81. The molecule has 3 heteroatoms. The molecule has 6 rings (SSSR count). The largest absolute Gasteiger partial charge is 0.392 e. The van der Waals surface area contributed by atoms with Crippen LogP contribution in [0.15, 0.2) is 24.3 Å². The maximum Gasteiger partial charge on any atom is 0.0695 e. The zero-order valence-electron chi connectivity index (χ0n) is 30.8. The van der Waals surface area contributed by atoms with E-state index in [0.717, 1.165) is 49.6 Å². The summed E-state index contributed by atoms with van der Waals surface area (Å²) < 4.78 is 0. The Hall–Kier alpha value is -0.670. The zero-order chi connectivity index (χ0) is 32.7. The van der Waals surface area contributed by atoms with Gasteiger partial charge in [-0.3, -0.25) is 0 Å². The molecule has 0 radical (unpaired) electrons. The van der Waals surface area contributed by atoms with Gasteiger partial charge in [0.1, 0.15) is 0 Å². The molecule has 0 aromatic heterocycles. The highest BCUT2D eigenvalue weighted by Gasteiger charge is 2.72. The van der Waals surface area contributed by atoms with Gasteiger partial charge in [0.2, 0.25) is 0 Å². The normalized spacial score (nSPS) is 48.8. The van der Waals surface area contributed by atoms with Crippen LogP contribution in [0.5, 0.6) is 0 Å². The second-order valence-electron chi connectivity index (χ2n) is 19.0. The van der Waals surface area contributed by atoms with Crippen LogP contribution >= 0.6 is 12.6 Å². The summed E-state index contributed by atoms with van der Waals surface area (Å²) in [5, 5.41) is 12.3. The number of benzene rings is 1. The van der Waals surface area contributed by atoms with Gasteiger partial charge < -0.3 is 10.0 Å². The molecule has 0 heterocycles. The number of hydrogen-bond acceptors (Lipinski definition) is 3. The van der Waals surface area contributed by atoms with Crippen LogP contribution in [-0.2, 0) is 0 Å². The second-order valence-corrected chi connectivity index (χ2v) is 19.6. The molecule has 0 amide bonds. The van der Waals surface area contributed by atoms with Crippen molar-refractivity contribution in [1.29, 1.82) is 0 Å². The van der Waals surface area contributed by atoms with Gasteiger partial charge in [0.15, 0.2) is 0 Å². The zero-order valence-corrected chi connectivity index (χ0v) is 31.7. The van der Waals surface area contributed by atoms with Crippen molar-refractivity contribution in [2.75, 3.05) is 18.0 Å². The maximum atomic E-state index is 12.3. The Kier molecular flexibility index (Phi) is 8.92. The highest BCUT2D eigenvalue weighted by Crippen LogP contribution is 2.78. The SMILES string of the molecule is CCN(CCCC1C(O)C(S)C(C)(C)[C@@H]2CC[C@]3(C)[C@H](CC[C@@H]4[C@@H]5[C@@H](C)[C@H](C)CC[C@]5(C)CC[C@]43C)[C@@]12C)c1cccc(C)c1. The van der Waals surface area contributed by atoms with Crippen LogP contribution in [0.25, 0.3) is 0 Å². The summed E-state index contributed by atoms with van der Waals surface area (Å²) in [5.41, 5.74) is 4.09. The number of thiol groups is 1. The molecule has 45 heavy (non-hydrogen) atoms. The van der Waals surface area contributed by atoms with Crippen molar-refractivity contribution in [3.8, 4) is 0 Å². The van der Waals surface area contributed by atoms with Crippen LogP contribution < -0.4 is 4.90 Å². The minimum Gasteiger partial charge on any atom is -0.392 e. The molecule has 1 N–H and O–H groups in total. The standard InChI is InChI=1S/C42H69NOS/c1-11-43(30-15-12-14-27(2)26-30)25-13-16-32-36(44)37(45)38(5,6)33-20-22-41(9)34(42(32,33)10)18-17-31-35-29(4)28(3)19-21-39(35,7)23-24-40(31,41)8/h12,14-15,26,28-29,31-37,44-45H,11,13,16-25H2,1-10H3/t28-,29+,31-,32?,33+,34+,35+,36?,37?,39-,40-,41-,42+/m1/s1. The van der Waals surface area contributed by atoms with Crippen LogP contribution in [0.3, 0.4) is 0 Å². The quantitative estimate of drug-likeness (QED) is 0.304. The van der Waals surface area contributed by atoms with Gasteiger partial charge in [-0.2, -0.15) is 12.6 Å². The first-order valence-electron chi connectivity index (χ1n) is 19.2. The summed E-state index contributed by atoms with van der Waals surface area (Å²) >= 11 is 5.25. The number of aliphatic hydroxyl groups excluding tert-OH is 1. The van der Waals surface area contributed by atoms with Gasteiger partial charge in [0, 0.05) is 24.0 Å². The molecular formula is C42H69NOS. The number of fused-ring (bicyclic) bond motifs is 7. The molecule has 5 saturated carbocycles. The van der Waals surface area contributed by atoms with Crippen molar-refractivity contribution in [3.05, 3.63) is 29.8 Å². The lowest BCUT2D eigenvalue weighted by Gasteiger charge is -2.75. The molecule has 13 atom stereocenters. The third-order valence-corrected chi connectivity index (χ3v) is 18.1. The molecule has 0 bridgehead atoms. The number of aryl methyl sites for hydroxylation is 1. The Morgan fingerprint density at radius 2 is 1.62 bits per heavy atom. The van der Waals surface area contributed by atoms with E-state index in [9.17, 15) is 5.11 Å². The molecule has 0 saturated heterocycles. The van der Waals surface area contributed by atoms with Gasteiger partial charge in [-0.05, 0) is 164 Å². The topological polar surface area (TPSA) is 23.5 Å². The molecule has 2 nitrogen and oxygen atoms in total. The molecule has 5 aliphatic carbocycles. The van der Waals surface area contributed by atoms with E-state index in [1.54, 1.807) is 0 Å². The summed E-state index contributed by atoms with van der Waals surface area (Å²) in [6.07, 6.45) is 13.0. The Balaban J connectivity index is 1.33. The summed E-state index contributed by atoms with van der Waals surface area (Å²) in [6, 6.07) is 8.99. The molecule has 1 aromatic carbocycles. The van der Waals surface area contributed by atoms with E-state index in [4.69, 9.17) is 12.6 Å². The minimum atomic E-state index is -0.347. The average Bonchev–Trinajstić information content (AvgIpc) is 2.98. The Labute approximate surface area is 283 Å². The van der Waals surface area contributed by atoms with Crippen LogP contribution in [0.2, 0.25) is 0 Å². The molecule has 0 aliphatic heterocycles. The van der Waals surface area contributed by atoms with Crippen LogP contribution in [0, 0.1) is 75.4 Å². The first-order chi connectivity index (χ1) is 21.1. The number of aliphatic hydroxyl groups is 1. The third-order valence-electron chi connectivity index (χ3n) is 17.1. The molecule has 3 unspecified atom stereocenters. The van der Waals surface area contributed by atoms with Crippen LogP contribution in [0.1, 0.15) is 132 Å². The summed E-state index contributed by atoms with van der Waals surface area (Å²) in [6.45, 7) is 27.6. The van der Waals surface area contributed by atoms with Crippen molar-refractivity contribution >= 4 is 18.3 Å². The predicted molar refractivity (Wildman–Crippen MR) is 196 cm³/mol. The van der Waals surface area contributed by atoms with Crippen LogP contribution in [0.4, 0.5) is 5.69 Å². The van der Waals surface area contributed by atoms with Crippen molar-refractivity contribution in [2.45, 2.75) is 145 Å². The van der Waals surface area contributed by atoms with E-state index >= 15 is 0 Å². The van der Waals surface area contributed by atoms with E-state index in [1.165, 1.54) is 62.6 Å². The summed E-state index contributed by atoms with van der Waals surface area (Å²) in [5.74, 6) is 5.00. The molecule has 1 aromatic rings. The van der Waals surface area contributed by atoms with E-state index < -0.39 is 0 Å². The fourth-order valence-electron chi connectivity index (χ4n) is 14.2. The maximum absolute atomic E-state index is 12.3. The van der Waals surface area contributed by atoms with E-state index in [0.29, 0.717) is 34.0 Å². The fraction of sp³-hybridized carbons (Fsp3) is 0.857. The Morgan fingerprint density at radius 1 is 0.889 bits per heavy atom. The minimum absolute atomic E-state index is 0.0301. The lowest BCUT2D eigenvalue weighted by Crippen LogP contribution is -2.70. The first kappa shape index (κ1) is 34.2. The van der Waals surface area contributed by atoms with Gasteiger partial charge in [0.25, 0.3) is 0 Å². The Bertz CT molecular complexity index is 1230. The van der Waals surface area contributed by atoms with Gasteiger partial charge in [-0.15, -0.1) is 0 Å². The number of nitrogens with zero attached hydrogens (tertiary/aromatic N) is 1. The van der Waals surface area contributed by atoms with Gasteiger partial charge in [-0.25, -0.2) is 0 Å². The second kappa shape index (κ2) is 11.7. The molecule has 5 fully saturated rings. The van der Waals surface area contributed by atoms with Crippen molar-refractivity contribution in [3.63, 3.8) is 0 Å². The first-order valence-corrected chi connectivity index (χ1v) is 19.8. The summed E-state index contributed by atoms with van der Waals surface area (Å²) in [4.78, 5) is 2.55. The van der Waals surface area contributed by atoms with Gasteiger partial charge >= 0.3 is 0 Å². The van der Waals surface area contributed by atoms with Crippen molar-refractivity contribution in [1.82, 2.24) is 0 Å². The van der Waals surface area contributed by atoms with Gasteiger partial charge in [0.05, 0.1) is 6.10 Å². The third kappa shape index (κ3) is 4.95. The predicted octanol–water partition coefficient (Wildman–Crippen LogP) is 10.9. The highest BCUT2D eigenvalue weighted by atomic mass is 32.1. The van der Waals surface area contributed by atoms with E-state index in [2.05, 4.69) is 98.4 Å². The monoisotopic (exact) mass is 636 g/mol. The number of rotatable bonds is 6.